The van der Waals surface area contributed by atoms with E-state index in [-0.39, 0.29) is 39.5 Å². The van der Waals surface area contributed by atoms with Crippen LogP contribution in [0.2, 0.25) is 0 Å². The molecule has 1 saturated carbocycles. The summed E-state index contributed by atoms with van der Waals surface area (Å²) in [6, 6.07) is 65.1. The highest BCUT2D eigenvalue weighted by Crippen LogP contribution is 2.67. The van der Waals surface area contributed by atoms with Gasteiger partial charge in [-0.1, -0.05) is 183 Å². The number of para-hydroxylation sites is 1. The molecule has 4 atom stereocenters. The molecule has 0 saturated heterocycles. The predicted molar refractivity (Wildman–Crippen MR) is 309 cm³/mol. The summed E-state index contributed by atoms with van der Waals surface area (Å²) in [4.78, 5) is 5.79. The molecular formula is C69H66BN3. The number of nitrogens with zero attached hydrogens (tertiary/aromatic N) is 3. The molecule has 360 valence electrons. The minimum atomic E-state index is -0.380. The van der Waals surface area contributed by atoms with Gasteiger partial charge in [0.15, 0.2) is 0 Å². The molecule has 2 aliphatic carbocycles. The second-order valence-electron chi connectivity index (χ2n) is 25.7. The Morgan fingerprint density at radius 1 is 0.507 bits per heavy atom. The van der Waals surface area contributed by atoms with Crippen LogP contribution in [-0.4, -0.2) is 16.8 Å². The first-order valence-corrected chi connectivity index (χ1v) is 27.5. The molecular weight excluding hydrogens is 882 g/mol. The zero-order chi connectivity index (χ0) is 49.8. The van der Waals surface area contributed by atoms with Crippen molar-refractivity contribution in [3.8, 4) is 16.8 Å². The molecule has 0 amide bonds. The van der Waals surface area contributed by atoms with E-state index in [1.54, 1.807) is 0 Å². The number of hydrogen-bond acceptors (Lipinski definition) is 2. The van der Waals surface area contributed by atoms with Crippen molar-refractivity contribution in [1.29, 1.82) is 0 Å². The zero-order valence-electron chi connectivity index (χ0n) is 44.3. The van der Waals surface area contributed by atoms with Crippen molar-refractivity contribution in [1.82, 2.24) is 4.57 Å². The lowest BCUT2D eigenvalue weighted by molar-refractivity contribution is 0.215. The molecule has 1 aromatic heterocycles. The van der Waals surface area contributed by atoms with E-state index in [2.05, 4.69) is 240 Å². The Hall–Kier alpha value is -6.78. The molecule has 0 spiro atoms. The van der Waals surface area contributed by atoms with Gasteiger partial charge in [0.2, 0.25) is 0 Å². The fraction of sp³-hybridized carbons (Fsp3) is 0.304. The van der Waals surface area contributed by atoms with Gasteiger partial charge >= 0.3 is 0 Å². The first-order valence-electron chi connectivity index (χ1n) is 27.5. The minimum Gasteiger partial charge on any atom is -0.335 e. The Labute approximate surface area is 433 Å². The van der Waals surface area contributed by atoms with Crippen molar-refractivity contribution in [3.63, 3.8) is 0 Å². The van der Waals surface area contributed by atoms with Crippen LogP contribution in [0.3, 0.4) is 0 Å². The summed E-state index contributed by atoms with van der Waals surface area (Å²) in [7, 11) is 0. The van der Waals surface area contributed by atoms with Crippen LogP contribution in [0.1, 0.15) is 133 Å². The molecule has 1 fully saturated rings. The van der Waals surface area contributed by atoms with Gasteiger partial charge in [-0.3, -0.25) is 0 Å². The number of anilines is 4. The molecule has 73 heavy (non-hydrogen) atoms. The van der Waals surface area contributed by atoms with E-state index in [9.17, 15) is 0 Å². The molecule has 5 heterocycles. The maximum atomic E-state index is 2.95. The third-order valence-corrected chi connectivity index (χ3v) is 20.2. The first-order chi connectivity index (χ1) is 35.1. The highest BCUT2D eigenvalue weighted by Gasteiger charge is 2.65. The fourth-order valence-electron chi connectivity index (χ4n) is 16.4. The maximum Gasteiger partial charge on any atom is 0.252 e. The molecule has 6 aliphatic rings. The van der Waals surface area contributed by atoms with Gasteiger partial charge < -0.3 is 14.4 Å². The quantitative estimate of drug-likeness (QED) is 0.164. The van der Waals surface area contributed by atoms with E-state index in [4.69, 9.17) is 0 Å². The average Bonchev–Trinajstić information content (AvgIpc) is 3.94. The van der Waals surface area contributed by atoms with Crippen LogP contribution in [0.25, 0.3) is 38.6 Å². The normalized spacial score (nSPS) is 24.0. The summed E-state index contributed by atoms with van der Waals surface area (Å²) in [5.41, 5.74) is 25.5. The Kier molecular flexibility index (Phi) is 8.57. The smallest absolute Gasteiger partial charge is 0.252 e. The lowest BCUT2D eigenvalue weighted by Crippen LogP contribution is -2.64. The van der Waals surface area contributed by atoms with Crippen LogP contribution in [0.5, 0.6) is 0 Å². The van der Waals surface area contributed by atoms with E-state index in [1.165, 1.54) is 130 Å². The highest BCUT2D eigenvalue weighted by atomic mass is 15.3. The van der Waals surface area contributed by atoms with Crippen LogP contribution in [-0.2, 0) is 33.6 Å². The molecule has 0 radical (unpaired) electrons. The van der Waals surface area contributed by atoms with E-state index in [0.717, 1.165) is 25.7 Å². The highest BCUT2D eigenvalue weighted by molar-refractivity contribution is 7.00. The number of aromatic nitrogens is 1. The predicted octanol–water partition coefficient (Wildman–Crippen LogP) is 15.2. The second kappa shape index (κ2) is 14.3. The molecule has 4 aliphatic heterocycles. The van der Waals surface area contributed by atoms with Gasteiger partial charge in [-0.05, 0) is 159 Å². The zero-order valence-corrected chi connectivity index (χ0v) is 44.3. The van der Waals surface area contributed by atoms with Crippen LogP contribution in [0, 0.1) is 0 Å². The lowest BCUT2D eigenvalue weighted by atomic mass is 9.33. The minimum absolute atomic E-state index is 0.00635. The van der Waals surface area contributed by atoms with E-state index in [0.29, 0.717) is 0 Å². The average molecular weight is 948 g/mol. The van der Waals surface area contributed by atoms with Gasteiger partial charge in [0.1, 0.15) is 0 Å². The van der Waals surface area contributed by atoms with Gasteiger partial charge in [0, 0.05) is 55.6 Å². The molecule has 4 unspecified atom stereocenters. The largest absolute Gasteiger partial charge is 0.335 e. The summed E-state index contributed by atoms with van der Waals surface area (Å²) in [5, 5.41) is 2.73. The molecule has 3 nitrogen and oxygen atoms in total. The molecule has 9 aromatic rings. The van der Waals surface area contributed by atoms with Crippen LogP contribution < -0.4 is 26.2 Å². The van der Waals surface area contributed by atoms with Gasteiger partial charge in [0.05, 0.1) is 16.6 Å². The van der Waals surface area contributed by atoms with Crippen molar-refractivity contribution in [2.24, 2.45) is 0 Å². The Morgan fingerprint density at radius 2 is 1.21 bits per heavy atom. The molecule has 4 heteroatoms. The summed E-state index contributed by atoms with van der Waals surface area (Å²) < 4.78 is 2.74. The fourth-order valence-corrected chi connectivity index (χ4v) is 16.4. The SMILES string of the molecule is CC(C)(C)c1ccc2c(c1)c1cc(C(C)(C)C)cc3c1n2-c1cc(N2c4ccc(-c5ccccc5)cc4C4(C)CCc5ccccc5C24C)cc2c1B3c1cccc3c1N2C1(C)CCCCC31c1ccccc1. The van der Waals surface area contributed by atoms with Crippen LogP contribution >= 0.6 is 0 Å². The Morgan fingerprint density at radius 3 is 1.99 bits per heavy atom. The van der Waals surface area contributed by atoms with Gasteiger partial charge in [0.25, 0.3) is 6.71 Å². The third kappa shape index (κ3) is 5.33. The number of aryl methyl sites for hydroxylation is 1. The van der Waals surface area contributed by atoms with E-state index in [1.807, 2.05) is 0 Å². The molecule has 0 N–H and O–H groups in total. The summed E-state index contributed by atoms with van der Waals surface area (Å²) in [6.45, 7) is 22.2. The number of hydrogen-bond donors (Lipinski definition) is 0. The third-order valence-electron chi connectivity index (χ3n) is 20.2. The summed E-state index contributed by atoms with van der Waals surface area (Å²) >= 11 is 0. The maximum absolute atomic E-state index is 2.95. The Balaban J connectivity index is 1.10. The van der Waals surface area contributed by atoms with Gasteiger partial charge in [-0.15, -0.1) is 0 Å². The van der Waals surface area contributed by atoms with Crippen molar-refractivity contribution >= 4 is 67.7 Å². The van der Waals surface area contributed by atoms with Crippen LogP contribution in [0.15, 0.2) is 164 Å². The first kappa shape index (κ1) is 43.8. The van der Waals surface area contributed by atoms with Crippen molar-refractivity contribution < 1.29 is 0 Å². The summed E-state index contributed by atoms with van der Waals surface area (Å²) in [6.07, 6.45) is 6.82. The second-order valence-corrected chi connectivity index (χ2v) is 25.7. The van der Waals surface area contributed by atoms with Crippen molar-refractivity contribution in [2.45, 2.75) is 134 Å². The topological polar surface area (TPSA) is 11.4 Å². The number of benzene rings is 8. The Bertz CT molecular complexity index is 3850. The number of fused-ring (bicyclic) bond motifs is 15. The van der Waals surface area contributed by atoms with Crippen LogP contribution in [0.4, 0.5) is 22.7 Å². The van der Waals surface area contributed by atoms with Crippen molar-refractivity contribution in [3.05, 3.63) is 203 Å². The standard InChI is InChI=1S/C69H66BN3/c1-64(2,3)47-30-32-57-50(38-47)51-39-48(65(4,5)6)40-56-62(51)71(57)59-41-49(72-58-31-29-45(43-21-12-10-13-22-43)37-54(58)66(7)36-33-44-23-16-17-26-52(44)68(66,72)9)42-60-61(59)70(56)55-28-20-27-53-63(55)73(60)67(8)34-18-19-35-69(53,67)46-24-14-11-15-25-46/h10-17,20-32,37-42H,18-19,33-36H2,1-9H3. The molecule has 0 bridgehead atoms. The van der Waals surface area contributed by atoms with Gasteiger partial charge in [-0.2, -0.15) is 0 Å². The van der Waals surface area contributed by atoms with Gasteiger partial charge in [-0.25, -0.2) is 0 Å². The lowest BCUT2D eigenvalue weighted by Gasteiger charge is -2.54. The van der Waals surface area contributed by atoms with E-state index < -0.39 is 0 Å². The number of rotatable bonds is 3. The van der Waals surface area contributed by atoms with Crippen molar-refractivity contribution in [2.75, 3.05) is 9.80 Å². The summed E-state index contributed by atoms with van der Waals surface area (Å²) in [5.74, 6) is 0. The molecule has 8 aromatic carbocycles. The molecule has 15 rings (SSSR count). The monoisotopic (exact) mass is 948 g/mol. The van der Waals surface area contributed by atoms with E-state index >= 15 is 0 Å².